The van der Waals surface area contributed by atoms with Gasteiger partial charge in [-0.15, -0.1) is 12.4 Å². The highest BCUT2D eigenvalue weighted by Crippen LogP contribution is 2.29. The molecule has 0 unspecified atom stereocenters. The van der Waals surface area contributed by atoms with E-state index in [0.717, 1.165) is 18.4 Å². The number of hydrogen-bond acceptors (Lipinski definition) is 3. The quantitative estimate of drug-likeness (QED) is 0.838. The van der Waals surface area contributed by atoms with Crippen LogP contribution in [-0.2, 0) is 0 Å². The van der Waals surface area contributed by atoms with Crippen molar-refractivity contribution in [2.24, 2.45) is 5.73 Å². The van der Waals surface area contributed by atoms with E-state index in [1.165, 1.54) is 7.11 Å². The van der Waals surface area contributed by atoms with Crippen LogP contribution in [0, 0.1) is 0 Å². The number of phenols is 1. The SMILES string of the molecule is CCC[C@@H](N)c1ccc(OC)c(O)c1.Cl. The highest BCUT2D eigenvalue weighted by molar-refractivity contribution is 5.85. The van der Waals surface area contributed by atoms with Gasteiger partial charge < -0.3 is 15.6 Å². The molecule has 0 aliphatic heterocycles. The Balaban J connectivity index is 0.00000196. The van der Waals surface area contributed by atoms with Gasteiger partial charge in [0.15, 0.2) is 11.5 Å². The largest absolute Gasteiger partial charge is 0.504 e. The van der Waals surface area contributed by atoms with Crippen LogP contribution < -0.4 is 10.5 Å². The van der Waals surface area contributed by atoms with E-state index in [4.69, 9.17) is 10.5 Å². The molecule has 1 aromatic rings. The van der Waals surface area contributed by atoms with E-state index in [1.54, 1.807) is 12.1 Å². The van der Waals surface area contributed by atoms with E-state index in [-0.39, 0.29) is 24.2 Å². The molecular weight excluding hydrogens is 214 g/mol. The molecule has 0 aliphatic rings. The van der Waals surface area contributed by atoms with Crippen LogP contribution in [0.4, 0.5) is 0 Å². The van der Waals surface area contributed by atoms with Gasteiger partial charge in [0.2, 0.25) is 0 Å². The molecule has 86 valence electrons. The molecule has 0 fully saturated rings. The molecule has 0 saturated carbocycles. The summed E-state index contributed by atoms with van der Waals surface area (Å²) < 4.78 is 4.95. The maximum Gasteiger partial charge on any atom is 0.160 e. The number of hydrogen-bond donors (Lipinski definition) is 2. The van der Waals surface area contributed by atoms with E-state index in [0.29, 0.717) is 5.75 Å². The van der Waals surface area contributed by atoms with E-state index in [2.05, 4.69) is 6.92 Å². The Hall–Kier alpha value is -0.930. The summed E-state index contributed by atoms with van der Waals surface area (Å²) in [5, 5.41) is 9.53. The summed E-state index contributed by atoms with van der Waals surface area (Å²) in [5.41, 5.74) is 6.86. The molecule has 0 aromatic heterocycles. The maximum absolute atomic E-state index is 9.53. The minimum Gasteiger partial charge on any atom is -0.504 e. The first-order valence-corrected chi connectivity index (χ1v) is 4.81. The topological polar surface area (TPSA) is 55.5 Å². The molecule has 1 aromatic carbocycles. The summed E-state index contributed by atoms with van der Waals surface area (Å²) in [7, 11) is 1.53. The van der Waals surface area contributed by atoms with Crippen molar-refractivity contribution in [1.82, 2.24) is 0 Å². The minimum absolute atomic E-state index is 0. The Kier molecular flexibility index (Phi) is 6.13. The van der Waals surface area contributed by atoms with Gasteiger partial charge in [-0.1, -0.05) is 19.4 Å². The van der Waals surface area contributed by atoms with E-state index < -0.39 is 0 Å². The van der Waals surface area contributed by atoms with Crippen molar-refractivity contribution in [3.63, 3.8) is 0 Å². The lowest BCUT2D eigenvalue weighted by Gasteiger charge is -2.12. The summed E-state index contributed by atoms with van der Waals surface area (Å²) in [5.74, 6) is 0.633. The van der Waals surface area contributed by atoms with E-state index >= 15 is 0 Å². The van der Waals surface area contributed by atoms with Gasteiger partial charge in [0.1, 0.15) is 0 Å². The number of nitrogens with two attached hydrogens (primary N) is 1. The Bertz CT molecular complexity index is 305. The molecule has 1 atom stereocenters. The Labute approximate surface area is 96.7 Å². The predicted octanol–water partition coefficient (Wildman–Crippen LogP) is 2.62. The molecule has 3 nitrogen and oxygen atoms in total. The predicted molar refractivity (Wildman–Crippen MR) is 63.7 cm³/mol. The first kappa shape index (κ1) is 14.1. The maximum atomic E-state index is 9.53. The molecule has 4 heteroatoms. The number of methoxy groups -OCH3 is 1. The zero-order valence-electron chi connectivity index (χ0n) is 9.06. The fourth-order valence-electron chi connectivity index (χ4n) is 1.42. The van der Waals surface area contributed by atoms with Crippen molar-refractivity contribution in [3.05, 3.63) is 23.8 Å². The molecular formula is C11H18ClNO2. The number of phenolic OH excluding ortho intramolecular Hbond substituents is 1. The molecule has 0 spiro atoms. The molecule has 0 amide bonds. The van der Waals surface area contributed by atoms with Crippen molar-refractivity contribution in [2.45, 2.75) is 25.8 Å². The minimum atomic E-state index is -0.00296. The lowest BCUT2D eigenvalue weighted by atomic mass is 10.0. The number of aromatic hydroxyl groups is 1. The van der Waals surface area contributed by atoms with Crippen LogP contribution >= 0.6 is 12.4 Å². The van der Waals surface area contributed by atoms with Gasteiger partial charge in [0, 0.05) is 6.04 Å². The van der Waals surface area contributed by atoms with Crippen molar-refractivity contribution < 1.29 is 9.84 Å². The summed E-state index contributed by atoms with van der Waals surface area (Å²) >= 11 is 0. The smallest absolute Gasteiger partial charge is 0.160 e. The second kappa shape index (κ2) is 6.53. The molecule has 0 heterocycles. The van der Waals surface area contributed by atoms with Crippen molar-refractivity contribution in [1.29, 1.82) is 0 Å². The third-order valence-corrected chi connectivity index (χ3v) is 2.23. The highest BCUT2D eigenvalue weighted by Gasteiger charge is 2.08. The van der Waals surface area contributed by atoms with Gasteiger partial charge >= 0.3 is 0 Å². The molecule has 3 N–H and O–H groups in total. The first-order valence-electron chi connectivity index (χ1n) is 4.81. The second-order valence-corrected chi connectivity index (χ2v) is 3.33. The average Bonchev–Trinajstić information content (AvgIpc) is 2.18. The Morgan fingerprint density at radius 2 is 2.13 bits per heavy atom. The summed E-state index contributed by atoms with van der Waals surface area (Å²) in [6.07, 6.45) is 1.96. The number of benzene rings is 1. The fraction of sp³-hybridized carbons (Fsp3) is 0.455. The van der Waals surface area contributed by atoms with Gasteiger partial charge in [0.25, 0.3) is 0 Å². The second-order valence-electron chi connectivity index (χ2n) is 3.33. The fourth-order valence-corrected chi connectivity index (χ4v) is 1.42. The average molecular weight is 232 g/mol. The number of ether oxygens (including phenoxy) is 1. The molecule has 0 aliphatic carbocycles. The Morgan fingerprint density at radius 3 is 2.60 bits per heavy atom. The van der Waals surface area contributed by atoms with Crippen LogP contribution in [0.1, 0.15) is 31.4 Å². The lowest BCUT2D eigenvalue weighted by molar-refractivity contribution is 0.372. The number of rotatable bonds is 4. The standard InChI is InChI=1S/C11H17NO2.ClH/c1-3-4-9(12)8-5-6-11(14-2)10(13)7-8;/h5-7,9,13H,3-4,12H2,1-2H3;1H/t9-;/m1./s1. The third kappa shape index (κ3) is 3.61. The monoisotopic (exact) mass is 231 g/mol. The summed E-state index contributed by atoms with van der Waals surface area (Å²) in [6, 6.07) is 5.29. The van der Waals surface area contributed by atoms with Gasteiger partial charge in [-0.25, -0.2) is 0 Å². The molecule has 0 saturated heterocycles. The van der Waals surface area contributed by atoms with Gasteiger partial charge in [-0.3, -0.25) is 0 Å². The van der Waals surface area contributed by atoms with Crippen LogP contribution in [0.25, 0.3) is 0 Å². The summed E-state index contributed by atoms with van der Waals surface area (Å²) in [4.78, 5) is 0. The van der Waals surface area contributed by atoms with E-state index in [1.807, 2.05) is 6.07 Å². The van der Waals surface area contributed by atoms with Crippen LogP contribution in [0.3, 0.4) is 0 Å². The van der Waals surface area contributed by atoms with Crippen molar-refractivity contribution in [3.8, 4) is 11.5 Å². The van der Waals surface area contributed by atoms with Gasteiger partial charge in [-0.05, 0) is 24.1 Å². The summed E-state index contributed by atoms with van der Waals surface area (Å²) in [6.45, 7) is 2.09. The normalized spacial score (nSPS) is 11.7. The molecule has 1 rings (SSSR count). The van der Waals surface area contributed by atoms with Crippen LogP contribution in [0.15, 0.2) is 18.2 Å². The first-order chi connectivity index (χ1) is 6.69. The number of halogens is 1. The van der Waals surface area contributed by atoms with Gasteiger partial charge in [-0.2, -0.15) is 0 Å². The zero-order valence-corrected chi connectivity index (χ0v) is 9.88. The Morgan fingerprint density at radius 1 is 1.47 bits per heavy atom. The highest BCUT2D eigenvalue weighted by atomic mass is 35.5. The molecule has 0 bridgehead atoms. The zero-order chi connectivity index (χ0) is 10.6. The van der Waals surface area contributed by atoms with Gasteiger partial charge in [0.05, 0.1) is 7.11 Å². The third-order valence-electron chi connectivity index (χ3n) is 2.23. The molecule has 15 heavy (non-hydrogen) atoms. The van der Waals surface area contributed by atoms with Crippen LogP contribution in [-0.4, -0.2) is 12.2 Å². The molecule has 0 radical (unpaired) electrons. The van der Waals surface area contributed by atoms with Crippen LogP contribution in [0.2, 0.25) is 0 Å². The lowest BCUT2D eigenvalue weighted by Crippen LogP contribution is -2.09. The van der Waals surface area contributed by atoms with Crippen molar-refractivity contribution >= 4 is 12.4 Å². The van der Waals surface area contributed by atoms with Crippen LogP contribution in [0.5, 0.6) is 11.5 Å². The van der Waals surface area contributed by atoms with E-state index in [9.17, 15) is 5.11 Å². The van der Waals surface area contributed by atoms with Crippen molar-refractivity contribution in [2.75, 3.05) is 7.11 Å².